The lowest BCUT2D eigenvalue weighted by molar-refractivity contribution is -0.180. The Labute approximate surface area is 330 Å². The molecule has 2 spiro atoms. The Kier molecular flexibility index (Phi) is 8.56. The fraction of sp³-hybridized carbons (Fsp3) is 0.875. The van der Waals surface area contributed by atoms with Crippen molar-refractivity contribution in [3.05, 3.63) is 36.0 Å². The van der Waals surface area contributed by atoms with Gasteiger partial charge in [0.1, 0.15) is 0 Å². The van der Waals surface area contributed by atoms with Gasteiger partial charge < -0.3 is 34.3 Å². The molecule has 16 atom stereocenters. The van der Waals surface area contributed by atoms with Crippen molar-refractivity contribution in [1.29, 1.82) is 0 Å². The molecule has 2 heterocycles. The van der Waals surface area contributed by atoms with Crippen LogP contribution in [0.15, 0.2) is 36.0 Å². The molecule has 304 valence electrons. The molecule has 55 heavy (non-hydrogen) atoms. The zero-order valence-electron chi connectivity index (χ0n) is 33.9. The van der Waals surface area contributed by atoms with E-state index in [1.54, 1.807) is 11.1 Å². The predicted molar refractivity (Wildman–Crippen MR) is 209 cm³/mol. The second kappa shape index (κ2) is 12.7. The first kappa shape index (κ1) is 37.0. The Balaban J connectivity index is 0.000000128. The second-order valence-corrected chi connectivity index (χ2v) is 21.7. The van der Waals surface area contributed by atoms with Gasteiger partial charge in [0.2, 0.25) is 0 Å². The molecule has 0 amide bonds. The molecule has 0 aromatic rings. The average Bonchev–Trinajstić information content (AvgIpc) is 4.03. The van der Waals surface area contributed by atoms with Crippen molar-refractivity contribution in [1.82, 2.24) is 0 Å². The third-order valence-corrected chi connectivity index (χ3v) is 20.0. The highest BCUT2D eigenvalue weighted by Crippen LogP contribution is 2.78. The molecule has 0 radical (unpaired) electrons. The van der Waals surface area contributed by atoms with E-state index in [-0.39, 0.29) is 29.0 Å². The Morgan fingerprint density at radius 2 is 1.13 bits per heavy atom. The zero-order valence-corrected chi connectivity index (χ0v) is 33.9. The van der Waals surface area contributed by atoms with Crippen LogP contribution in [-0.4, -0.2) is 71.1 Å². The molecule has 12 rings (SSSR count). The molecular formula is C48H70O7. The molecule has 0 aromatic heterocycles. The van der Waals surface area contributed by atoms with Gasteiger partial charge in [-0.1, -0.05) is 43.2 Å². The average molecular weight is 759 g/mol. The molecule has 8 saturated carbocycles. The number of ether oxygens (including phenoxy) is 4. The molecule has 10 fully saturated rings. The van der Waals surface area contributed by atoms with Crippen LogP contribution in [-0.2, 0) is 18.9 Å². The topological polar surface area (TPSA) is 97.6 Å². The van der Waals surface area contributed by atoms with E-state index in [9.17, 15) is 15.3 Å². The second-order valence-electron chi connectivity index (χ2n) is 21.7. The minimum Gasteiger partial charge on any atom is -0.396 e. The van der Waals surface area contributed by atoms with Crippen molar-refractivity contribution in [2.75, 3.05) is 33.0 Å². The lowest BCUT2D eigenvalue weighted by atomic mass is 9.49. The number of aliphatic hydroxyl groups is 3. The minimum atomic E-state index is -0.540. The molecule has 2 aliphatic heterocycles. The highest BCUT2D eigenvalue weighted by Gasteiger charge is 2.76. The molecule has 0 bridgehead atoms. The maximum Gasteiger partial charge on any atom is 0.172 e. The summed E-state index contributed by atoms with van der Waals surface area (Å²) in [6, 6.07) is 0. The molecule has 12 aliphatic rings. The SMILES string of the molecule is C=CC[C@]1(O)C2CC2C2C3CC=C4CC5(CCC4C3CC[C@@]21C)OCCO5.C[C@]12CCC3C4CCC5(CC4=CCC3C1C1CC1[C@@]2(O)CCCO)OCCO5. The maximum atomic E-state index is 11.8. The monoisotopic (exact) mass is 759 g/mol. The van der Waals surface area contributed by atoms with Crippen molar-refractivity contribution in [3.8, 4) is 0 Å². The normalized spacial score (nSPS) is 53.8. The molecule has 10 aliphatic carbocycles. The molecule has 7 nitrogen and oxygen atoms in total. The first-order chi connectivity index (χ1) is 26.5. The molecule has 7 heteroatoms. The summed E-state index contributed by atoms with van der Waals surface area (Å²) < 4.78 is 24.1. The zero-order chi connectivity index (χ0) is 37.6. The van der Waals surface area contributed by atoms with E-state index in [1.165, 1.54) is 57.8 Å². The van der Waals surface area contributed by atoms with Crippen LogP contribution in [0.1, 0.15) is 123 Å². The van der Waals surface area contributed by atoms with E-state index >= 15 is 0 Å². The Morgan fingerprint density at radius 1 is 0.655 bits per heavy atom. The van der Waals surface area contributed by atoms with Gasteiger partial charge in [0.15, 0.2) is 11.6 Å². The number of aliphatic hydroxyl groups excluding tert-OH is 1. The molecule has 0 aromatic carbocycles. The minimum absolute atomic E-state index is 0.0514. The van der Waals surface area contributed by atoms with Crippen molar-refractivity contribution < 1.29 is 34.3 Å². The van der Waals surface area contributed by atoms with Gasteiger partial charge >= 0.3 is 0 Å². The van der Waals surface area contributed by atoms with E-state index < -0.39 is 11.2 Å². The standard InChI is InChI=1S/C24H36O4.C24H34O3/c1-22-8-5-17-16-6-9-23(27-11-12-28-23)14-15(16)3-4-18(17)21(22)19-13-20(19)24(22,26)7-2-10-25;1-3-8-24(25)20-13-19(20)21-18-5-4-15-14-23(26-11-12-27-23)10-7-16(15)17(18)6-9-22(21,24)2/h3,16-21,25-26H,2,4-14H2,1H3;3-4,16-21,25H,1,5-14H2,2H3/t2*16?,17?,18?,19?,20?,21?,22-,24-/m00/s1. The first-order valence-corrected chi connectivity index (χ1v) is 23.1. The van der Waals surface area contributed by atoms with Crippen LogP contribution >= 0.6 is 0 Å². The van der Waals surface area contributed by atoms with Gasteiger partial charge in [0.25, 0.3) is 0 Å². The summed E-state index contributed by atoms with van der Waals surface area (Å²) in [5, 5.41) is 32.9. The van der Waals surface area contributed by atoms with Gasteiger partial charge in [-0.2, -0.15) is 0 Å². The summed E-state index contributed by atoms with van der Waals surface area (Å²) in [7, 11) is 0. The van der Waals surface area contributed by atoms with Crippen molar-refractivity contribution in [2.24, 2.45) is 81.8 Å². The van der Waals surface area contributed by atoms with Crippen LogP contribution < -0.4 is 0 Å². The summed E-state index contributed by atoms with van der Waals surface area (Å²) in [6.45, 7) is 12.0. The van der Waals surface area contributed by atoms with E-state index in [0.717, 1.165) is 119 Å². The van der Waals surface area contributed by atoms with Crippen LogP contribution in [0.5, 0.6) is 0 Å². The Bertz CT molecular complexity index is 1610. The van der Waals surface area contributed by atoms with Gasteiger partial charge in [-0.25, -0.2) is 0 Å². The van der Waals surface area contributed by atoms with Crippen LogP contribution in [0.2, 0.25) is 0 Å². The van der Waals surface area contributed by atoms with Gasteiger partial charge in [0, 0.05) is 37.7 Å². The number of hydrogen-bond acceptors (Lipinski definition) is 7. The van der Waals surface area contributed by atoms with Crippen LogP contribution in [0.3, 0.4) is 0 Å². The van der Waals surface area contributed by atoms with E-state index in [0.29, 0.717) is 29.6 Å². The third kappa shape index (κ3) is 5.11. The lowest BCUT2D eigenvalue weighted by Crippen LogP contribution is -2.55. The summed E-state index contributed by atoms with van der Waals surface area (Å²) in [5.41, 5.74) is 2.34. The fourth-order valence-electron chi connectivity index (χ4n) is 17.7. The maximum absolute atomic E-state index is 11.8. The number of hydrogen-bond donors (Lipinski definition) is 3. The molecule has 3 N–H and O–H groups in total. The third-order valence-electron chi connectivity index (χ3n) is 20.0. The summed E-state index contributed by atoms with van der Waals surface area (Å²) in [4.78, 5) is 0. The van der Waals surface area contributed by atoms with Gasteiger partial charge in [-0.15, -0.1) is 6.58 Å². The van der Waals surface area contributed by atoms with Crippen molar-refractivity contribution in [3.63, 3.8) is 0 Å². The molecular weight excluding hydrogens is 689 g/mol. The number of allylic oxidation sites excluding steroid dienone is 2. The highest BCUT2D eigenvalue weighted by atomic mass is 16.7. The summed E-state index contributed by atoms with van der Waals surface area (Å²) in [5.74, 6) is 7.86. The largest absolute Gasteiger partial charge is 0.396 e. The Morgan fingerprint density at radius 3 is 1.60 bits per heavy atom. The highest BCUT2D eigenvalue weighted by molar-refractivity contribution is 5.30. The summed E-state index contributed by atoms with van der Waals surface area (Å²) in [6.07, 6.45) is 25.7. The molecule has 12 unspecified atom stereocenters. The quantitative estimate of drug-likeness (QED) is 0.244. The number of fused-ring (bicyclic) bond motifs is 14. The van der Waals surface area contributed by atoms with Gasteiger partial charge in [-0.05, 0) is 160 Å². The van der Waals surface area contributed by atoms with Crippen LogP contribution in [0, 0.1) is 81.8 Å². The predicted octanol–water partition coefficient (Wildman–Crippen LogP) is 8.13. The van der Waals surface area contributed by atoms with E-state index in [2.05, 4.69) is 32.6 Å². The van der Waals surface area contributed by atoms with Gasteiger partial charge in [0.05, 0.1) is 37.6 Å². The fourth-order valence-corrected chi connectivity index (χ4v) is 17.7. The number of rotatable bonds is 5. The summed E-state index contributed by atoms with van der Waals surface area (Å²) >= 11 is 0. The first-order valence-electron chi connectivity index (χ1n) is 23.1. The van der Waals surface area contributed by atoms with E-state index in [1.807, 2.05) is 6.08 Å². The lowest BCUT2D eigenvalue weighted by Gasteiger charge is -2.57. The molecule has 2 saturated heterocycles. The van der Waals surface area contributed by atoms with Crippen molar-refractivity contribution >= 4 is 0 Å². The van der Waals surface area contributed by atoms with Crippen LogP contribution in [0.4, 0.5) is 0 Å². The van der Waals surface area contributed by atoms with Crippen molar-refractivity contribution in [2.45, 2.75) is 146 Å². The Hall–Kier alpha value is -1.06. The van der Waals surface area contributed by atoms with E-state index in [4.69, 9.17) is 18.9 Å². The smallest absolute Gasteiger partial charge is 0.172 e. The van der Waals surface area contributed by atoms with Crippen LogP contribution in [0.25, 0.3) is 0 Å². The van der Waals surface area contributed by atoms with Gasteiger partial charge in [-0.3, -0.25) is 0 Å².